The smallest absolute Gasteiger partial charge is 0.265 e. The van der Waals surface area contributed by atoms with Crippen molar-refractivity contribution in [1.82, 2.24) is 29.5 Å². The van der Waals surface area contributed by atoms with E-state index in [2.05, 4.69) is 20.2 Å². The van der Waals surface area contributed by atoms with Crippen LogP contribution in [0.25, 0.3) is 0 Å². The zero-order valence-corrected chi connectivity index (χ0v) is 17.4. The van der Waals surface area contributed by atoms with E-state index in [-0.39, 0.29) is 11.4 Å². The second-order valence-corrected chi connectivity index (χ2v) is 6.80. The summed E-state index contributed by atoms with van der Waals surface area (Å²) in [5.41, 5.74) is 3.10. The highest BCUT2D eigenvalue weighted by atomic mass is 16.6. The summed E-state index contributed by atoms with van der Waals surface area (Å²) in [6, 6.07) is 7.41. The van der Waals surface area contributed by atoms with Crippen LogP contribution in [0, 0.1) is 34.1 Å². The minimum absolute atomic E-state index is 0.0501. The summed E-state index contributed by atoms with van der Waals surface area (Å²) in [7, 11) is 0. The molecule has 0 saturated heterocycles. The molecule has 4 aromatic heterocycles. The Balaban J connectivity index is 0.000000181. The number of hydrogen-bond donors (Lipinski definition) is 0. The predicted molar refractivity (Wildman–Crippen MR) is 114 cm³/mol. The molecule has 0 amide bonds. The predicted octanol–water partition coefficient (Wildman–Crippen LogP) is 3.09. The first-order valence-corrected chi connectivity index (χ1v) is 9.48. The van der Waals surface area contributed by atoms with Crippen LogP contribution in [0.3, 0.4) is 0 Å². The van der Waals surface area contributed by atoms with E-state index in [1.807, 2.05) is 24.3 Å². The Morgan fingerprint density at radius 1 is 0.844 bits per heavy atom. The van der Waals surface area contributed by atoms with Gasteiger partial charge in [0.05, 0.1) is 22.9 Å². The Morgan fingerprint density at radius 2 is 1.38 bits per heavy atom. The van der Waals surface area contributed by atoms with Gasteiger partial charge in [0.25, 0.3) is 0 Å². The first-order valence-electron chi connectivity index (χ1n) is 9.48. The maximum Gasteiger partial charge on any atom is 0.309 e. The molecule has 0 unspecified atom stereocenters. The lowest BCUT2D eigenvalue weighted by molar-refractivity contribution is -0.385. The molecule has 0 aliphatic heterocycles. The zero-order valence-electron chi connectivity index (χ0n) is 17.4. The first-order chi connectivity index (χ1) is 15.3. The zero-order chi connectivity index (χ0) is 23.1. The molecule has 0 fully saturated rings. The van der Waals surface area contributed by atoms with Gasteiger partial charge in [-0.15, -0.1) is 0 Å². The maximum absolute atomic E-state index is 10.6. The van der Waals surface area contributed by atoms with Gasteiger partial charge in [-0.1, -0.05) is 0 Å². The molecule has 4 aromatic rings. The average Bonchev–Trinajstić information content (AvgIpc) is 3.32. The van der Waals surface area contributed by atoms with E-state index in [1.54, 1.807) is 48.0 Å². The molecule has 0 aliphatic rings. The summed E-state index contributed by atoms with van der Waals surface area (Å²) in [6.07, 6.45) is 9.44. The summed E-state index contributed by atoms with van der Waals surface area (Å²) in [4.78, 5) is 28.2. The molecular weight excluding hydrogens is 416 g/mol. The molecule has 12 heteroatoms. The van der Waals surface area contributed by atoms with Gasteiger partial charge in [-0.2, -0.15) is 10.2 Å². The highest BCUT2D eigenvalue weighted by Gasteiger charge is 2.16. The lowest BCUT2D eigenvalue weighted by Crippen LogP contribution is -2.04. The third-order valence-electron chi connectivity index (χ3n) is 4.57. The number of hydrogen-bond acceptors (Lipinski definition) is 8. The van der Waals surface area contributed by atoms with Crippen LogP contribution in [0.1, 0.15) is 22.5 Å². The third-order valence-corrected chi connectivity index (χ3v) is 4.57. The Labute approximate surface area is 182 Å². The highest BCUT2D eigenvalue weighted by Crippen LogP contribution is 2.17. The molecule has 0 N–H and O–H groups in total. The normalized spacial score (nSPS) is 10.3. The lowest BCUT2D eigenvalue weighted by atomic mass is 10.2. The van der Waals surface area contributed by atoms with Crippen molar-refractivity contribution in [3.8, 4) is 0 Å². The Hall–Kier alpha value is -4.48. The van der Waals surface area contributed by atoms with Crippen LogP contribution in [0.2, 0.25) is 0 Å². The van der Waals surface area contributed by atoms with Gasteiger partial charge in [-0.3, -0.25) is 39.6 Å². The lowest BCUT2D eigenvalue weighted by Gasteiger charge is -2.02. The molecule has 0 spiro atoms. The van der Waals surface area contributed by atoms with Crippen LogP contribution in [-0.2, 0) is 13.1 Å². The second kappa shape index (κ2) is 10.0. The van der Waals surface area contributed by atoms with Crippen molar-refractivity contribution in [3.05, 3.63) is 104 Å². The number of pyridine rings is 2. The summed E-state index contributed by atoms with van der Waals surface area (Å²) in [5.74, 6) is 0. The molecule has 12 nitrogen and oxygen atoms in total. The van der Waals surface area contributed by atoms with E-state index in [0.717, 1.165) is 11.1 Å². The van der Waals surface area contributed by atoms with Crippen LogP contribution >= 0.6 is 0 Å². The van der Waals surface area contributed by atoms with Crippen molar-refractivity contribution in [3.63, 3.8) is 0 Å². The van der Waals surface area contributed by atoms with E-state index in [0.29, 0.717) is 24.5 Å². The first kappa shape index (κ1) is 22.2. The van der Waals surface area contributed by atoms with Gasteiger partial charge in [-0.25, -0.2) is 0 Å². The SMILES string of the molecule is Cc1c([N+](=O)[O-])cnn1Cc1ccncc1.Cc1nn(Cc2ccncc2)cc1[N+](=O)[O-]. The van der Waals surface area contributed by atoms with Gasteiger partial charge >= 0.3 is 11.4 Å². The molecule has 0 radical (unpaired) electrons. The van der Waals surface area contributed by atoms with Gasteiger partial charge in [-0.05, 0) is 49.2 Å². The molecule has 0 aromatic carbocycles. The van der Waals surface area contributed by atoms with Gasteiger partial charge in [0.1, 0.15) is 23.8 Å². The van der Waals surface area contributed by atoms with Crippen LogP contribution in [0.15, 0.2) is 61.4 Å². The van der Waals surface area contributed by atoms with Gasteiger partial charge in [0.15, 0.2) is 0 Å². The van der Waals surface area contributed by atoms with E-state index in [1.165, 1.54) is 12.4 Å². The van der Waals surface area contributed by atoms with Crippen LogP contribution in [0.5, 0.6) is 0 Å². The monoisotopic (exact) mass is 436 g/mol. The summed E-state index contributed by atoms with van der Waals surface area (Å²) < 4.78 is 3.16. The molecule has 0 atom stereocenters. The number of nitro groups is 2. The summed E-state index contributed by atoms with van der Waals surface area (Å²) in [6.45, 7) is 4.34. The van der Waals surface area contributed by atoms with Crippen molar-refractivity contribution in [2.75, 3.05) is 0 Å². The molecule has 4 rings (SSSR count). The second-order valence-electron chi connectivity index (χ2n) is 6.80. The fourth-order valence-corrected chi connectivity index (χ4v) is 2.88. The summed E-state index contributed by atoms with van der Waals surface area (Å²) >= 11 is 0. The van der Waals surface area contributed by atoms with Gasteiger partial charge in [0, 0.05) is 24.8 Å². The van der Waals surface area contributed by atoms with E-state index >= 15 is 0 Å². The minimum atomic E-state index is -0.425. The molecular formula is C20H20N8O4. The molecule has 0 aliphatic carbocycles. The molecule has 32 heavy (non-hydrogen) atoms. The fourth-order valence-electron chi connectivity index (χ4n) is 2.88. The summed E-state index contributed by atoms with van der Waals surface area (Å²) in [5, 5.41) is 29.3. The molecule has 164 valence electrons. The van der Waals surface area contributed by atoms with Gasteiger partial charge in [0.2, 0.25) is 0 Å². The van der Waals surface area contributed by atoms with Crippen molar-refractivity contribution in [2.45, 2.75) is 26.9 Å². The highest BCUT2D eigenvalue weighted by molar-refractivity contribution is 5.32. The largest absolute Gasteiger partial charge is 0.309 e. The average molecular weight is 436 g/mol. The standard InChI is InChI=1S/2C10H10N4O2/c1-8-10(14(15)16)6-12-13(8)7-9-2-4-11-5-3-9;1-8-10(14(15)16)7-13(12-8)6-9-2-4-11-5-3-9/h2-6H,7H2,1H3;2-5,7H,6H2,1H3. The number of nitrogens with zero attached hydrogens (tertiary/aromatic N) is 8. The number of aromatic nitrogens is 6. The van der Waals surface area contributed by atoms with E-state index in [4.69, 9.17) is 0 Å². The Bertz CT molecular complexity index is 1190. The number of rotatable bonds is 6. The molecule has 0 bridgehead atoms. The van der Waals surface area contributed by atoms with Crippen molar-refractivity contribution >= 4 is 11.4 Å². The van der Waals surface area contributed by atoms with Crippen molar-refractivity contribution < 1.29 is 9.85 Å². The van der Waals surface area contributed by atoms with E-state index < -0.39 is 9.85 Å². The maximum atomic E-state index is 10.6. The third kappa shape index (κ3) is 5.56. The van der Waals surface area contributed by atoms with Crippen LogP contribution in [-0.4, -0.2) is 39.4 Å². The van der Waals surface area contributed by atoms with Crippen LogP contribution < -0.4 is 0 Å². The van der Waals surface area contributed by atoms with Crippen LogP contribution in [0.4, 0.5) is 11.4 Å². The van der Waals surface area contributed by atoms with Gasteiger partial charge < -0.3 is 0 Å². The van der Waals surface area contributed by atoms with Crippen molar-refractivity contribution in [2.24, 2.45) is 0 Å². The fraction of sp³-hybridized carbons (Fsp3) is 0.200. The Morgan fingerprint density at radius 3 is 1.84 bits per heavy atom. The molecule has 4 heterocycles. The topological polar surface area (TPSA) is 148 Å². The number of aryl methyl sites for hydroxylation is 1. The molecule has 0 saturated carbocycles. The minimum Gasteiger partial charge on any atom is -0.265 e. The van der Waals surface area contributed by atoms with E-state index in [9.17, 15) is 20.2 Å². The van der Waals surface area contributed by atoms with Crippen molar-refractivity contribution in [1.29, 1.82) is 0 Å². The Kier molecular flexibility index (Phi) is 6.95. The quantitative estimate of drug-likeness (QED) is 0.331.